The number of nitrogens with one attached hydrogen (secondary N) is 1. The number of piperidine rings is 1. The van der Waals surface area contributed by atoms with E-state index in [9.17, 15) is 0 Å². The number of aryl methyl sites for hydroxylation is 1. The van der Waals surface area contributed by atoms with Crippen molar-refractivity contribution in [3.63, 3.8) is 0 Å². The summed E-state index contributed by atoms with van der Waals surface area (Å²) < 4.78 is 2.07. The second-order valence-corrected chi connectivity index (χ2v) is 7.37. The number of rotatable bonds is 3. The molecule has 2 aliphatic rings. The van der Waals surface area contributed by atoms with Gasteiger partial charge < -0.3 is 14.8 Å². The number of halogens is 1. The molecule has 1 aromatic heterocycles. The fraction of sp³-hybridized carbons (Fsp3) is 0.833. The predicted molar refractivity (Wildman–Crippen MR) is 112 cm³/mol. The number of likely N-dealkylation sites (tertiary alicyclic amines) is 1. The van der Waals surface area contributed by atoms with Crippen LogP contribution in [0.4, 0.5) is 0 Å². The molecule has 0 bridgehead atoms. The van der Waals surface area contributed by atoms with Crippen LogP contribution in [0.2, 0.25) is 0 Å². The lowest BCUT2D eigenvalue weighted by Gasteiger charge is -2.44. The lowest BCUT2D eigenvalue weighted by atomic mass is 9.74. The van der Waals surface area contributed by atoms with Crippen LogP contribution in [0.3, 0.4) is 0 Å². The summed E-state index contributed by atoms with van der Waals surface area (Å²) in [5, 5.41) is 11.7. The monoisotopic (exact) mass is 460 g/mol. The van der Waals surface area contributed by atoms with E-state index in [1.165, 1.54) is 51.4 Å². The van der Waals surface area contributed by atoms with Crippen LogP contribution in [0.5, 0.6) is 0 Å². The van der Waals surface area contributed by atoms with E-state index in [-0.39, 0.29) is 24.0 Å². The number of hydrogen-bond acceptors (Lipinski definition) is 3. The first-order chi connectivity index (χ1) is 11.8. The summed E-state index contributed by atoms with van der Waals surface area (Å²) >= 11 is 0. The fourth-order valence-corrected chi connectivity index (χ4v) is 4.45. The van der Waals surface area contributed by atoms with E-state index in [2.05, 4.69) is 36.9 Å². The van der Waals surface area contributed by atoms with Crippen molar-refractivity contribution in [1.29, 1.82) is 0 Å². The quantitative estimate of drug-likeness (QED) is 0.427. The molecular formula is C18H33IN6. The van der Waals surface area contributed by atoms with Gasteiger partial charge in [0.2, 0.25) is 0 Å². The minimum atomic E-state index is 0. The van der Waals surface area contributed by atoms with E-state index < -0.39 is 0 Å². The molecule has 0 amide bonds. The molecule has 0 aromatic carbocycles. The highest BCUT2D eigenvalue weighted by Crippen LogP contribution is 2.42. The Balaban J connectivity index is 0.00000225. The smallest absolute Gasteiger partial charge is 0.194 e. The SMILES string of the molecule is CCn1cnnc1CNC(=NC)N1CCCC2(CCCCCC2)C1.I. The molecule has 1 spiro atoms. The number of aliphatic imine (C=N–C) groups is 1. The number of guanidine groups is 1. The molecule has 2 heterocycles. The molecule has 2 fully saturated rings. The van der Waals surface area contributed by atoms with Gasteiger partial charge in [0.25, 0.3) is 0 Å². The highest BCUT2D eigenvalue weighted by molar-refractivity contribution is 14.0. The Labute approximate surface area is 168 Å². The maximum atomic E-state index is 4.54. The third-order valence-electron chi connectivity index (χ3n) is 5.78. The summed E-state index contributed by atoms with van der Waals surface area (Å²) in [7, 11) is 1.89. The van der Waals surface area contributed by atoms with E-state index in [1.807, 2.05) is 7.05 Å². The van der Waals surface area contributed by atoms with Gasteiger partial charge in [0.1, 0.15) is 6.33 Å². The molecule has 1 aromatic rings. The first-order valence-electron chi connectivity index (χ1n) is 9.59. The van der Waals surface area contributed by atoms with E-state index >= 15 is 0 Å². The van der Waals surface area contributed by atoms with Gasteiger partial charge >= 0.3 is 0 Å². The van der Waals surface area contributed by atoms with Crippen LogP contribution < -0.4 is 5.32 Å². The van der Waals surface area contributed by atoms with Crippen LogP contribution in [0.1, 0.15) is 64.1 Å². The molecule has 1 aliphatic heterocycles. The van der Waals surface area contributed by atoms with Crippen LogP contribution in [-0.4, -0.2) is 45.8 Å². The van der Waals surface area contributed by atoms with Gasteiger partial charge in [-0.2, -0.15) is 0 Å². The van der Waals surface area contributed by atoms with Gasteiger partial charge in [-0.1, -0.05) is 25.7 Å². The highest BCUT2D eigenvalue weighted by Gasteiger charge is 2.36. The largest absolute Gasteiger partial charge is 0.349 e. The van der Waals surface area contributed by atoms with E-state index in [4.69, 9.17) is 0 Å². The maximum absolute atomic E-state index is 4.54. The minimum absolute atomic E-state index is 0. The summed E-state index contributed by atoms with van der Waals surface area (Å²) in [6.07, 6.45) is 12.9. The number of hydrogen-bond donors (Lipinski definition) is 1. The van der Waals surface area contributed by atoms with Crippen molar-refractivity contribution in [1.82, 2.24) is 25.0 Å². The van der Waals surface area contributed by atoms with E-state index in [0.717, 1.165) is 31.4 Å². The van der Waals surface area contributed by atoms with Crippen molar-refractivity contribution in [2.75, 3.05) is 20.1 Å². The lowest BCUT2D eigenvalue weighted by Crippen LogP contribution is -2.50. The molecule has 0 atom stereocenters. The Bertz CT molecular complexity index is 548. The van der Waals surface area contributed by atoms with Crippen molar-refractivity contribution in [2.45, 2.75) is 71.4 Å². The molecular weight excluding hydrogens is 427 g/mol. The second-order valence-electron chi connectivity index (χ2n) is 7.37. The molecule has 1 N–H and O–H groups in total. The van der Waals surface area contributed by atoms with Gasteiger partial charge in [-0.3, -0.25) is 4.99 Å². The molecule has 0 radical (unpaired) electrons. The van der Waals surface area contributed by atoms with Crippen molar-refractivity contribution >= 4 is 29.9 Å². The summed E-state index contributed by atoms with van der Waals surface area (Å²) in [6, 6.07) is 0. The van der Waals surface area contributed by atoms with Crippen molar-refractivity contribution < 1.29 is 0 Å². The zero-order valence-electron chi connectivity index (χ0n) is 15.7. The molecule has 6 nitrogen and oxygen atoms in total. The van der Waals surface area contributed by atoms with Gasteiger partial charge in [0, 0.05) is 26.7 Å². The molecule has 1 aliphatic carbocycles. The lowest BCUT2D eigenvalue weighted by molar-refractivity contribution is 0.115. The van der Waals surface area contributed by atoms with E-state index in [0.29, 0.717) is 12.0 Å². The van der Waals surface area contributed by atoms with Crippen molar-refractivity contribution in [3.8, 4) is 0 Å². The summed E-state index contributed by atoms with van der Waals surface area (Å²) in [4.78, 5) is 7.02. The van der Waals surface area contributed by atoms with Crippen LogP contribution in [-0.2, 0) is 13.1 Å². The molecule has 7 heteroatoms. The average molecular weight is 460 g/mol. The number of aromatic nitrogens is 3. The second kappa shape index (κ2) is 9.73. The van der Waals surface area contributed by atoms with Gasteiger partial charge in [0.15, 0.2) is 11.8 Å². The average Bonchev–Trinajstić information content (AvgIpc) is 2.95. The summed E-state index contributed by atoms with van der Waals surface area (Å²) in [5.74, 6) is 1.99. The Morgan fingerprint density at radius 3 is 2.60 bits per heavy atom. The van der Waals surface area contributed by atoms with Crippen LogP contribution in [0.25, 0.3) is 0 Å². The molecule has 142 valence electrons. The molecule has 1 saturated heterocycles. The Morgan fingerprint density at radius 2 is 1.92 bits per heavy atom. The Kier molecular flexibility index (Phi) is 7.96. The van der Waals surface area contributed by atoms with Gasteiger partial charge in [-0.05, 0) is 38.0 Å². The van der Waals surface area contributed by atoms with Crippen molar-refractivity contribution in [2.24, 2.45) is 10.4 Å². The third kappa shape index (κ3) is 5.08. The fourth-order valence-electron chi connectivity index (χ4n) is 4.45. The van der Waals surface area contributed by atoms with Crippen LogP contribution in [0.15, 0.2) is 11.3 Å². The first-order valence-corrected chi connectivity index (χ1v) is 9.59. The van der Waals surface area contributed by atoms with E-state index in [1.54, 1.807) is 6.33 Å². The predicted octanol–water partition coefficient (Wildman–Crippen LogP) is 3.43. The Morgan fingerprint density at radius 1 is 1.20 bits per heavy atom. The molecule has 0 unspecified atom stereocenters. The third-order valence-corrected chi connectivity index (χ3v) is 5.78. The highest BCUT2D eigenvalue weighted by atomic mass is 127. The van der Waals surface area contributed by atoms with Crippen LogP contribution in [0, 0.1) is 5.41 Å². The Hall–Kier alpha value is -0.860. The first kappa shape index (κ1) is 20.5. The maximum Gasteiger partial charge on any atom is 0.194 e. The minimum Gasteiger partial charge on any atom is -0.349 e. The zero-order valence-corrected chi connectivity index (χ0v) is 18.0. The number of nitrogens with zero attached hydrogens (tertiary/aromatic N) is 5. The topological polar surface area (TPSA) is 58.3 Å². The molecule has 1 saturated carbocycles. The zero-order chi connectivity index (χ0) is 16.8. The standard InChI is InChI=1S/C18H32N6.HI/c1-3-23-15-21-22-16(23)13-20-17(19-2)24-12-8-11-18(14-24)9-6-4-5-7-10-18;/h15H,3-14H2,1-2H3,(H,19,20);1H. The van der Waals surface area contributed by atoms with Gasteiger partial charge in [-0.15, -0.1) is 34.2 Å². The van der Waals surface area contributed by atoms with Crippen LogP contribution >= 0.6 is 24.0 Å². The summed E-state index contributed by atoms with van der Waals surface area (Å²) in [5.41, 5.74) is 0.524. The summed E-state index contributed by atoms with van der Waals surface area (Å²) in [6.45, 7) is 5.97. The van der Waals surface area contributed by atoms with Crippen molar-refractivity contribution in [3.05, 3.63) is 12.2 Å². The molecule has 3 rings (SSSR count). The molecule has 25 heavy (non-hydrogen) atoms. The van der Waals surface area contributed by atoms with Gasteiger partial charge in [-0.25, -0.2) is 0 Å². The normalized spacial score (nSPS) is 20.9. The van der Waals surface area contributed by atoms with Gasteiger partial charge in [0.05, 0.1) is 6.54 Å².